The van der Waals surface area contributed by atoms with Crippen LogP contribution in [0.5, 0.6) is 5.75 Å². The number of sulfone groups is 1. The second-order valence-corrected chi connectivity index (χ2v) is 17.7. The number of likely N-dealkylation sites (tertiary alicyclic amines) is 1. The van der Waals surface area contributed by atoms with E-state index in [1.54, 1.807) is 36.1 Å². The van der Waals surface area contributed by atoms with Crippen molar-refractivity contribution < 1.29 is 26.4 Å². The normalized spacial score (nSPS) is 25.3. The summed E-state index contributed by atoms with van der Waals surface area (Å²) in [7, 11) is -7.30. The van der Waals surface area contributed by atoms with Crippen molar-refractivity contribution in [2.75, 3.05) is 32.2 Å². The molecule has 260 valence electrons. The van der Waals surface area contributed by atoms with E-state index in [9.17, 15) is 16.8 Å². The molecule has 1 unspecified atom stereocenters. The van der Waals surface area contributed by atoms with Crippen LogP contribution in [0.3, 0.4) is 0 Å². The van der Waals surface area contributed by atoms with E-state index >= 15 is 4.79 Å². The smallest absolute Gasteiger partial charge is 0.262 e. The molecule has 0 aromatic heterocycles. The molecule has 48 heavy (non-hydrogen) atoms. The number of rotatable bonds is 9. The molecule has 0 saturated carbocycles. The van der Waals surface area contributed by atoms with E-state index in [0.29, 0.717) is 22.9 Å². The summed E-state index contributed by atoms with van der Waals surface area (Å²) >= 11 is 19.2. The largest absolute Gasteiger partial charge is 0.493 e. The Morgan fingerprint density at radius 3 is 1.77 bits per heavy atom. The van der Waals surface area contributed by atoms with Gasteiger partial charge in [-0.3, -0.25) is 15.4 Å². The maximum atomic E-state index is 15.2. The molecule has 10 nitrogen and oxygen atoms in total. The second kappa shape index (κ2) is 13.4. The number of halogens is 3. The van der Waals surface area contributed by atoms with Crippen LogP contribution in [0.4, 0.5) is 0 Å². The Kier molecular flexibility index (Phi) is 10.3. The Bertz CT molecular complexity index is 1860. The molecule has 3 aromatic carbocycles. The molecule has 3 aromatic rings. The van der Waals surface area contributed by atoms with Crippen LogP contribution in [-0.4, -0.2) is 65.9 Å². The number of sulfonamides is 1. The van der Waals surface area contributed by atoms with E-state index in [4.69, 9.17) is 39.5 Å². The number of carbonyl (C=O) groups excluding carboxylic acids is 1. The zero-order valence-electron chi connectivity index (χ0n) is 27.2. The monoisotopic (exact) mass is 756 g/mol. The number of benzene rings is 3. The van der Waals surface area contributed by atoms with E-state index in [1.807, 2.05) is 38.1 Å². The molecule has 5 rings (SSSR count). The maximum absolute atomic E-state index is 15.2. The third-order valence-corrected chi connectivity index (χ3v) is 12.2. The molecule has 1 amide bonds. The lowest BCUT2D eigenvalue weighted by Gasteiger charge is -2.41. The number of hydrogen-bond donors (Lipinski definition) is 3. The molecule has 0 bridgehead atoms. The van der Waals surface area contributed by atoms with Gasteiger partial charge >= 0.3 is 0 Å². The van der Waals surface area contributed by atoms with E-state index in [2.05, 4.69) is 15.4 Å². The Labute approximate surface area is 297 Å². The standard InChI is InChI=1S/C33H39Cl3N4O6S2/c1-6-46-28-20-27(36)29(47(4,42)43)19-26(28)33(30(41)40-17-15-25(16-18-40)37-48(5,44)45)38-31(2,21-7-11-23(34)12-8-21)32(3,39-33)22-9-13-24(35)14-10-22/h7-14,19-20,25,37-39H,6,15-18H2,1-5H3/t31-,32+,33?. The first-order valence-electron chi connectivity index (χ1n) is 15.4. The first-order chi connectivity index (χ1) is 22.3. The minimum absolute atomic E-state index is 0.0427. The highest BCUT2D eigenvalue weighted by Gasteiger charge is 2.65. The third kappa shape index (κ3) is 6.96. The summed E-state index contributed by atoms with van der Waals surface area (Å²) in [6.07, 6.45) is 2.92. The molecule has 0 spiro atoms. The number of carbonyl (C=O) groups is 1. The number of amides is 1. The van der Waals surface area contributed by atoms with Crippen molar-refractivity contribution >= 4 is 60.6 Å². The van der Waals surface area contributed by atoms with E-state index in [1.165, 1.54) is 12.1 Å². The molecule has 2 aliphatic rings. The number of ether oxygens (including phenoxy) is 1. The number of nitrogens with zero attached hydrogens (tertiary/aromatic N) is 1. The van der Waals surface area contributed by atoms with Crippen LogP contribution in [0.1, 0.15) is 50.3 Å². The molecule has 2 fully saturated rings. The SMILES string of the molecule is CCOc1cc(Cl)c(S(C)(=O)=O)cc1C1(C(=O)N2CCC(NS(C)(=O)=O)CC2)N[C@@](C)(c2ccc(Cl)cc2)[C@@](C)(c2ccc(Cl)cc2)N1. The van der Waals surface area contributed by atoms with Crippen LogP contribution in [0.2, 0.25) is 15.1 Å². The van der Waals surface area contributed by atoms with Crippen LogP contribution >= 0.6 is 34.8 Å². The number of nitrogens with one attached hydrogen (secondary N) is 3. The summed E-state index contributed by atoms with van der Waals surface area (Å²) in [5, 5.41) is 8.36. The summed E-state index contributed by atoms with van der Waals surface area (Å²) in [5.41, 5.74) is -2.07. The van der Waals surface area contributed by atoms with Crippen molar-refractivity contribution in [1.29, 1.82) is 0 Å². The van der Waals surface area contributed by atoms with Crippen molar-refractivity contribution in [1.82, 2.24) is 20.3 Å². The van der Waals surface area contributed by atoms with Gasteiger partial charge < -0.3 is 9.64 Å². The summed E-state index contributed by atoms with van der Waals surface area (Å²) in [4.78, 5) is 16.7. The first-order valence-corrected chi connectivity index (χ1v) is 20.3. The predicted molar refractivity (Wildman–Crippen MR) is 189 cm³/mol. The van der Waals surface area contributed by atoms with E-state index in [-0.39, 0.29) is 47.0 Å². The van der Waals surface area contributed by atoms with Crippen LogP contribution in [0, 0.1) is 0 Å². The van der Waals surface area contributed by atoms with E-state index < -0.39 is 42.5 Å². The molecule has 3 atom stereocenters. The maximum Gasteiger partial charge on any atom is 0.262 e. The van der Waals surface area contributed by atoms with Gasteiger partial charge in [0.1, 0.15) is 5.75 Å². The van der Waals surface area contributed by atoms with Crippen molar-refractivity contribution in [3.05, 3.63) is 92.4 Å². The van der Waals surface area contributed by atoms with Crippen LogP contribution in [0.15, 0.2) is 65.6 Å². The fourth-order valence-corrected chi connectivity index (χ4v) is 9.22. The van der Waals surface area contributed by atoms with Gasteiger partial charge in [-0.15, -0.1) is 0 Å². The van der Waals surface area contributed by atoms with Crippen molar-refractivity contribution in [3.63, 3.8) is 0 Å². The van der Waals surface area contributed by atoms with Gasteiger partial charge in [-0.05, 0) is 75.1 Å². The van der Waals surface area contributed by atoms with E-state index in [0.717, 1.165) is 23.6 Å². The predicted octanol–water partition coefficient (Wildman–Crippen LogP) is 5.17. The molecule has 3 N–H and O–H groups in total. The molecular formula is C33H39Cl3N4O6S2. The molecule has 2 heterocycles. The molecule has 0 aliphatic carbocycles. The lowest BCUT2D eigenvalue weighted by Crippen LogP contribution is -2.62. The first kappa shape index (κ1) is 36.9. The minimum atomic E-state index is -3.85. The van der Waals surface area contributed by atoms with Gasteiger partial charge in [-0.2, -0.15) is 0 Å². The summed E-state index contributed by atoms with van der Waals surface area (Å²) in [6, 6.07) is 17.1. The van der Waals surface area contributed by atoms with Gasteiger partial charge in [-0.1, -0.05) is 59.1 Å². The fourth-order valence-electron chi connectivity index (χ4n) is 6.80. The lowest BCUT2D eigenvalue weighted by atomic mass is 9.72. The highest BCUT2D eigenvalue weighted by molar-refractivity contribution is 7.90. The van der Waals surface area contributed by atoms with Gasteiger partial charge in [-0.25, -0.2) is 21.6 Å². The highest BCUT2D eigenvalue weighted by atomic mass is 35.5. The third-order valence-electron chi connectivity index (χ3n) is 9.34. The Hall–Kier alpha value is -2.42. The molecular weight excluding hydrogens is 719 g/mol. The molecule has 2 aliphatic heterocycles. The Morgan fingerprint density at radius 1 is 0.875 bits per heavy atom. The number of hydrogen-bond acceptors (Lipinski definition) is 8. The summed E-state index contributed by atoms with van der Waals surface area (Å²) in [6.45, 7) is 6.39. The summed E-state index contributed by atoms with van der Waals surface area (Å²) in [5.74, 6) is -0.184. The van der Waals surface area contributed by atoms with Crippen molar-refractivity contribution in [3.8, 4) is 5.75 Å². The van der Waals surface area contributed by atoms with Gasteiger partial charge in [0.2, 0.25) is 10.0 Å². The van der Waals surface area contributed by atoms with Crippen molar-refractivity contribution in [2.45, 2.75) is 61.3 Å². The fraction of sp³-hybridized carbons (Fsp3) is 0.424. The van der Waals surface area contributed by atoms with Gasteiger partial charge in [0.15, 0.2) is 15.5 Å². The molecule has 2 saturated heterocycles. The van der Waals surface area contributed by atoms with Gasteiger partial charge in [0.05, 0.1) is 33.9 Å². The number of piperidine rings is 1. The topological polar surface area (TPSA) is 134 Å². The average molecular weight is 758 g/mol. The zero-order chi connectivity index (χ0) is 35.3. The quantitative estimate of drug-likeness (QED) is 0.273. The van der Waals surface area contributed by atoms with Gasteiger partial charge in [0, 0.05) is 47.1 Å². The lowest BCUT2D eigenvalue weighted by molar-refractivity contribution is -0.141. The minimum Gasteiger partial charge on any atom is -0.493 e. The van der Waals surface area contributed by atoms with Crippen LogP contribution in [0.25, 0.3) is 0 Å². The summed E-state index contributed by atoms with van der Waals surface area (Å²) < 4.78 is 58.7. The molecule has 15 heteroatoms. The average Bonchev–Trinajstić information content (AvgIpc) is 3.25. The Morgan fingerprint density at radius 2 is 1.35 bits per heavy atom. The molecule has 0 radical (unpaired) electrons. The van der Waals surface area contributed by atoms with Gasteiger partial charge in [0.25, 0.3) is 5.91 Å². The van der Waals surface area contributed by atoms with Crippen molar-refractivity contribution in [2.24, 2.45) is 0 Å². The zero-order valence-corrected chi connectivity index (χ0v) is 31.1. The Balaban J connectivity index is 1.77. The van der Waals surface area contributed by atoms with Crippen LogP contribution < -0.4 is 20.1 Å². The second-order valence-electron chi connectivity index (χ2n) is 12.7. The van der Waals surface area contributed by atoms with Crippen LogP contribution in [-0.2, 0) is 41.4 Å². The highest BCUT2D eigenvalue weighted by Crippen LogP contribution is 2.52.